The van der Waals surface area contributed by atoms with Crippen LogP contribution in [0.15, 0.2) is 24.0 Å². The van der Waals surface area contributed by atoms with Crippen molar-refractivity contribution in [3.8, 4) is 11.4 Å². The van der Waals surface area contributed by atoms with E-state index in [1.165, 1.54) is 12.8 Å². The smallest absolute Gasteiger partial charge is 0.183 e. The molecule has 0 aromatic carbocycles. The maximum atomic E-state index is 5.93. The highest BCUT2D eigenvalue weighted by Crippen LogP contribution is 2.26. The molecule has 2 aromatic heterocycles. The molecule has 2 aromatic rings. The zero-order valence-electron chi connectivity index (χ0n) is 11.3. The monoisotopic (exact) mass is 289 g/mol. The third-order valence-electron chi connectivity index (χ3n) is 3.76. The average Bonchev–Trinajstić information content (AvgIpc) is 2.97. The molecule has 3 rings (SSSR count). The molecule has 3 N–H and O–H groups in total. The first kappa shape index (κ1) is 13.5. The lowest BCUT2D eigenvalue weighted by molar-refractivity contribution is 0.339. The molecule has 1 fully saturated rings. The molecule has 0 aliphatic heterocycles. The van der Waals surface area contributed by atoms with Crippen LogP contribution in [0.2, 0.25) is 0 Å². The normalized spacial score (nSPS) is 22.6. The Bertz CT molecular complexity index is 534. The standard InChI is InChI=1S/C14H19N5S/c15-11-3-1-10(2-4-11)7-18-14-19-13(9-20-14)12-8-16-5-6-17-12/h5-6,8-11H,1-4,7,15H2,(H,18,19)/t10-,11-. The predicted octanol–water partition coefficient (Wildman–Crippen LogP) is 2.53. The van der Waals surface area contributed by atoms with Gasteiger partial charge in [0.2, 0.25) is 0 Å². The van der Waals surface area contributed by atoms with Gasteiger partial charge in [-0.05, 0) is 31.6 Å². The van der Waals surface area contributed by atoms with Gasteiger partial charge in [-0.25, -0.2) is 4.98 Å². The topological polar surface area (TPSA) is 76.7 Å². The zero-order valence-corrected chi connectivity index (χ0v) is 12.1. The summed E-state index contributed by atoms with van der Waals surface area (Å²) < 4.78 is 0. The molecular weight excluding hydrogens is 270 g/mol. The fourth-order valence-electron chi connectivity index (χ4n) is 2.53. The van der Waals surface area contributed by atoms with E-state index < -0.39 is 0 Å². The van der Waals surface area contributed by atoms with Gasteiger partial charge in [0, 0.05) is 30.4 Å². The van der Waals surface area contributed by atoms with Crippen molar-refractivity contribution in [1.29, 1.82) is 0 Å². The van der Waals surface area contributed by atoms with E-state index in [0.717, 1.165) is 41.8 Å². The fraction of sp³-hybridized carbons (Fsp3) is 0.500. The van der Waals surface area contributed by atoms with Crippen molar-refractivity contribution >= 4 is 16.5 Å². The summed E-state index contributed by atoms with van der Waals surface area (Å²) in [7, 11) is 0. The van der Waals surface area contributed by atoms with Gasteiger partial charge in [0.1, 0.15) is 11.4 Å². The zero-order chi connectivity index (χ0) is 13.8. The Morgan fingerprint density at radius 2 is 2.05 bits per heavy atom. The Kier molecular flexibility index (Phi) is 4.22. The molecule has 0 saturated heterocycles. The van der Waals surface area contributed by atoms with Crippen LogP contribution in [0.25, 0.3) is 11.4 Å². The van der Waals surface area contributed by atoms with Gasteiger partial charge in [-0.2, -0.15) is 0 Å². The van der Waals surface area contributed by atoms with Crippen LogP contribution in [-0.2, 0) is 0 Å². The van der Waals surface area contributed by atoms with E-state index in [4.69, 9.17) is 5.73 Å². The van der Waals surface area contributed by atoms with Gasteiger partial charge < -0.3 is 11.1 Å². The van der Waals surface area contributed by atoms with Crippen molar-refractivity contribution in [2.75, 3.05) is 11.9 Å². The summed E-state index contributed by atoms with van der Waals surface area (Å²) in [6.07, 6.45) is 9.83. The summed E-state index contributed by atoms with van der Waals surface area (Å²) in [5.74, 6) is 0.721. The van der Waals surface area contributed by atoms with E-state index in [0.29, 0.717) is 6.04 Å². The minimum Gasteiger partial charge on any atom is -0.361 e. The molecule has 0 atom stereocenters. The Morgan fingerprint density at radius 1 is 1.20 bits per heavy atom. The van der Waals surface area contributed by atoms with Crippen molar-refractivity contribution < 1.29 is 0 Å². The third kappa shape index (κ3) is 3.32. The molecule has 1 saturated carbocycles. The Labute approximate surface area is 122 Å². The number of anilines is 1. The number of aromatic nitrogens is 3. The largest absolute Gasteiger partial charge is 0.361 e. The molecule has 1 aliphatic rings. The molecule has 6 heteroatoms. The van der Waals surface area contributed by atoms with Gasteiger partial charge >= 0.3 is 0 Å². The van der Waals surface area contributed by atoms with Crippen molar-refractivity contribution in [2.24, 2.45) is 11.7 Å². The molecule has 0 unspecified atom stereocenters. The number of nitrogens with two attached hydrogens (primary N) is 1. The first-order valence-corrected chi connectivity index (χ1v) is 7.90. The minimum atomic E-state index is 0.411. The molecular formula is C14H19N5S. The van der Waals surface area contributed by atoms with Crippen LogP contribution in [0, 0.1) is 5.92 Å². The number of thiazole rings is 1. The fourth-order valence-corrected chi connectivity index (χ4v) is 3.24. The summed E-state index contributed by atoms with van der Waals surface area (Å²) in [6.45, 7) is 0.986. The van der Waals surface area contributed by atoms with Crippen LogP contribution in [0.5, 0.6) is 0 Å². The van der Waals surface area contributed by atoms with Crippen molar-refractivity contribution in [2.45, 2.75) is 31.7 Å². The highest BCUT2D eigenvalue weighted by Gasteiger charge is 2.18. The SMILES string of the molecule is N[C@H]1CC[C@H](CNc2nc(-c3cnccn3)cs2)CC1. The van der Waals surface area contributed by atoms with Crippen LogP contribution in [0.1, 0.15) is 25.7 Å². The number of hydrogen-bond donors (Lipinski definition) is 2. The summed E-state index contributed by atoms with van der Waals surface area (Å²) >= 11 is 1.62. The van der Waals surface area contributed by atoms with Crippen molar-refractivity contribution in [1.82, 2.24) is 15.0 Å². The maximum Gasteiger partial charge on any atom is 0.183 e. The Morgan fingerprint density at radius 3 is 2.80 bits per heavy atom. The summed E-state index contributed by atoms with van der Waals surface area (Å²) in [5.41, 5.74) is 7.63. The number of hydrogen-bond acceptors (Lipinski definition) is 6. The van der Waals surface area contributed by atoms with Crippen LogP contribution < -0.4 is 11.1 Å². The first-order chi connectivity index (χ1) is 9.81. The van der Waals surface area contributed by atoms with E-state index in [1.54, 1.807) is 29.9 Å². The molecule has 0 amide bonds. The van der Waals surface area contributed by atoms with E-state index in [-0.39, 0.29) is 0 Å². The van der Waals surface area contributed by atoms with Gasteiger partial charge in [0.15, 0.2) is 5.13 Å². The first-order valence-electron chi connectivity index (χ1n) is 7.02. The predicted molar refractivity (Wildman–Crippen MR) is 81.6 cm³/mol. The minimum absolute atomic E-state index is 0.411. The van der Waals surface area contributed by atoms with Crippen LogP contribution in [-0.4, -0.2) is 27.5 Å². The second-order valence-corrected chi connectivity index (χ2v) is 6.15. The van der Waals surface area contributed by atoms with E-state index >= 15 is 0 Å². The number of nitrogens with zero attached hydrogens (tertiary/aromatic N) is 3. The van der Waals surface area contributed by atoms with Gasteiger partial charge in [0.05, 0.1) is 6.20 Å². The quantitative estimate of drug-likeness (QED) is 0.904. The molecule has 0 radical (unpaired) electrons. The number of nitrogens with one attached hydrogen (secondary N) is 1. The molecule has 5 nitrogen and oxygen atoms in total. The molecule has 0 bridgehead atoms. The lowest BCUT2D eigenvalue weighted by atomic mass is 9.86. The maximum absolute atomic E-state index is 5.93. The molecule has 1 aliphatic carbocycles. The molecule has 20 heavy (non-hydrogen) atoms. The number of rotatable bonds is 4. The highest BCUT2D eigenvalue weighted by molar-refractivity contribution is 7.14. The van der Waals surface area contributed by atoms with Crippen molar-refractivity contribution in [3.63, 3.8) is 0 Å². The summed E-state index contributed by atoms with van der Waals surface area (Å²) in [4.78, 5) is 12.9. The van der Waals surface area contributed by atoms with Gasteiger partial charge in [-0.3, -0.25) is 9.97 Å². The second-order valence-electron chi connectivity index (χ2n) is 5.29. The van der Waals surface area contributed by atoms with Gasteiger partial charge in [-0.15, -0.1) is 11.3 Å². The summed E-state index contributed by atoms with van der Waals surface area (Å²) in [6, 6.07) is 0.411. The third-order valence-corrected chi connectivity index (χ3v) is 4.56. The van der Waals surface area contributed by atoms with Gasteiger partial charge in [-0.1, -0.05) is 0 Å². The molecule has 106 valence electrons. The average molecular weight is 289 g/mol. The van der Waals surface area contributed by atoms with Crippen LogP contribution in [0.3, 0.4) is 0 Å². The van der Waals surface area contributed by atoms with E-state index in [1.807, 2.05) is 5.38 Å². The second kappa shape index (κ2) is 6.28. The summed E-state index contributed by atoms with van der Waals surface area (Å²) in [5, 5.41) is 6.41. The van der Waals surface area contributed by atoms with E-state index in [2.05, 4.69) is 20.3 Å². The lowest BCUT2D eigenvalue weighted by Gasteiger charge is -2.25. The Balaban J connectivity index is 1.55. The van der Waals surface area contributed by atoms with E-state index in [9.17, 15) is 0 Å². The highest BCUT2D eigenvalue weighted by atomic mass is 32.1. The van der Waals surface area contributed by atoms with Crippen molar-refractivity contribution in [3.05, 3.63) is 24.0 Å². The molecule has 0 spiro atoms. The Hall–Kier alpha value is -1.53. The molecule has 2 heterocycles. The van der Waals surface area contributed by atoms with Gasteiger partial charge in [0.25, 0.3) is 0 Å². The lowest BCUT2D eigenvalue weighted by Crippen LogP contribution is -2.29. The van der Waals surface area contributed by atoms with Crippen LogP contribution in [0.4, 0.5) is 5.13 Å². The van der Waals surface area contributed by atoms with Crippen LogP contribution >= 0.6 is 11.3 Å².